The van der Waals surface area contributed by atoms with Gasteiger partial charge in [-0.05, 0) is 18.5 Å². The number of hydrogen-bond acceptors (Lipinski definition) is 4. The van der Waals surface area contributed by atoms with Crippen LogP contribution in [0.25, 0.3) is 0 Å². The van der Waals surface area contributed by atoms with E-state index < -0.39 is 0 Å². The fraction of sp³-hybridized carbons (Fsp3) is 0.333. The molecule has 1 heterocycles. The van der Waals surface area contributed by atoms with E-state index in [0.717, 1.165) is 17.0 Å². The molecule has 0 saturated heterocycles. The fourth-order valence-electron chi connectivity index (χ4n) is 1.99. The summed E-state index contributed by atoms with van der Waals surface area (Å²) in [5.74, 6) is -0.125. The molecular weight excluding hydrogens is 306 g/mol. The van der Waals surface area contributed by atoms with Crippen molar-refractivity contribution in [1.29, 1.82) is 0 Å². The first-order valence-electron chi connectivity index (χ1n) is 6.75. The van der Waals surface area contributed by atoms with Crippen molar-refractivity contribution in [1.82, 2.24) is 10.3 Å². The number of halogens is 1. The van der Waals surface area contributed by atoms with Crippen molar-refractivity contribution in [3.05, 3.63) is 52.0 Å². The molecule has 4 nitrogen and oxygen atoms in total. The summed E-state index contributed by atoms with van der Waals surface area (Å²) in [5.41, 5.74) is 7.08. The van der Waals surface area contributed by atoms with Crippen molar-refractivity contribution in [2.45, 2.75) is 25.8 Å². The summed E-state index contributed by atoms with van der Waals surface area (Å²) < 4.78 is 0. The Morgan fingerprint density at radius 1 is 1.38 bits per heavy atom. The molecule has 0 saturated carbocycles. The van der Waals surface area contributed by atoms with Crippen LogP contribution in [0.3, 0.4) is 0 Å². The van der Waals surface area contributed by atoms with E-state index in [4.69, 9.17) is 5.73 Å². The van der Waals surface area contributed by atoms with Crippen molar-refractivity contribution in [2.24, 2.45) is 5.73 Å². The Morgan fingerprint density at radius 2 is 2.10 bits per heavy atom. The van der Waals surface area contributed by atoms with Crippen molar-refractivity contribution in [3.63, 3.8) is 0 Å². The number of rotatable bonds is 6. The molecule has 0 aliphatic carbocycles. The highest BCUT2D eigenvalue weighted by Crippen LogP contribution is 2.17. The monoisotopic (exact) mass is 325 g/mol. The second-order valence-electron chi connectivity index (χ2n) is 4.51. The van der Waals surface area contributed by atoms with Gasteiger partial charge in [0.2, 0.25) is 0 Å². The van der Waals surface area contributed by atoms with Gasteiger partial charge in [0.05, 0.1) is 11.0 Å². The molecule has 0 spiro atoms. The maximum absolute atomic E-state index is 12.2. The van der Waals surface area contributed by atoms with E-state index in [1.165, 1.54) is 11.3 Å². The lowest BCUT2D eigenvalue weighted by Gasteiger charge is -2.16. The Labute approximate surface area is 135 Å². The van der Waals surface area contributed by atoms with Crippen LogP contribution in [0.5, 0.6) is 0 Å². The van der Waals surface area contributed by atoms with Gasteiger partial charge in [-0.25, -0.2) is 4.98 Å². The number of aromatic nitrogens is 1. The van der Waals surface area contributed by atoms with E-state index in [9.17, 15) is 4.79 Å². The van der Waals surface area contributed by atoms with E-state index >= 15 is 0 Å². The Bertz CT molecular complexity index is 559. The highest BCUT2D eigenvalue weighted by molar-refractivity contribution is 7.09. The van der Waals surface area contributed by atoms with Gasteiger partial charge in [-0.1, -0.05) is 37.3 Å². The Balaban J connectivity index is 0.00000220. The number of hydrogen-bond donors (Lipinski definition) is 2. The van der Waals surface area contributed by atoms with Crippen LogP contribution in [0.2, 0.25) is 0 Å². The lowest BCUT2D eigenvalue weighted by atomic mass is 10.0. The number of nitrogens with two attached hydrogens (primary N) is 1. The number of carbonyl (C=O) groups is 1. The summed E-state index contributed by atoms with van der Waals surface area (Å²) in [5, 5.41) is 5.73. The zero-order valence-electron chi connectivity index (χ0n) is 11.9. The largest absolute Gasteiger partial charge is 0.344 e. The van der Waals surface area contributed by atoms with Crippen molar-refractivity contribution in [3.8, 4) is 0 Å². The Hall–Kier alpha value is -1.43. The average Bonchev–Trinajstić information content (AvgIpc) is 2.94. The summed E-state index contributed by atoms with van der Waals surface area (Å²) in [6.07, 6.45) is 1.56. The average molecular weight is 326 g/mol. The van der Waals surface area contributed by atoms with E-state index in [2.05, 4.69) is 17.2 Å². The van der Waals surface area contributed by atoms with Crippen LogP contribution in [0.1, 0.15) is 40.4 Å². The lowest BCUT2D eigenvalue weighted by Crippen LogP contribution is -2.28. The fourth-order valence-corrected chi connectivity index (χ4v) is 2.79. The van der Waals surface area contributed by atoms with E-state index in [1.807, 2.05) is 30.3 Å². The predicted molar refractivity (Wildman–Crippen MR) is 89.1 cm³/mol. The number of nitrogens with zero attached hydrogens (tertiary/aromatic N) is 1. The van der Waals surface area contributed by atoms with Crippen LogP contribution in [0.15, 0.2) is 35.7 Å². The molecule has 21 heavy (non-hydrogen) atoms. The van der Waals surface area contributed by atoms with Gasteiger partial charge in [-0.2, -0.15) is 0 Å². The topological polar surface area (TPSA) is 68.0 Å². The van der Waals surface area contributed by atoms with Crippen LogP contribution in [0.4, 0.5) is 0 Å². The van der Waals surface area contributed by atoms with Gasteiger partial charge in [0, 0.05) is 11.8 Å². The number of nitrogens with one attached hydrogen (secondary N) is 1. The molecule has 2 rings (SSSR count). The molecule has 0 bridgehead atoms. The lowest BCUT2D eigenvalue weighted by molar-refractivity contribution is 0.0931. The zero-order chi connectivity index (χ0) is 14.4. The van der Waals surface area contributed by atoms with Gasteiger partial charge >= 0.3 is 0 Å². The number of benzene rings is 1. The highest BCUT2D eigenvalue weighted by Gasteiger charge is 2.16. The van der Waals surface area contributed by atoms with Crippen LogP contribution in [0, 0.1) is 0 Å². The van der Waals surface area contributed by atoms with Gasteiger partial charge in [-0.15, -0.1) is 23.7 Å². The molecule has 3 N–H and O–H groups in total. The summed E-state index contributed by atoms with van der Waals surface area (Å²) in [7, 11) is 0. The van der Waals surface area contributed by atoms with Gasteiger partial charge in [0.15, 0.2) is 0 Å². The molecule has 0 aliphatic heterocycles. The smallest absolute Gasteiger partial charge is 0.271 e. The van der Waals surface area contributed by atoms with Crippen molar-refractivity contribution < 1.29 is 4.79 Å². The molecule has 1 atom stereocenters. The summed E-state index contributed by atoms with van der Waals surface area (Å²) in [6.45, 7) is 2.61. The van der Waals surface area contributed by atoms with Crippen LogP contribution in [-0.4, -0.2) is 17.4 Å². The zero-order valence-corrected chi connectivity index (χ0v) is 13.5. The first kappa shape index (κ1) is 17.6. The molecule has 1 aromatic heterocycles. The minimum Gasteiger partial charge on any atom is -0.344 e. The molecule has 2 aromatic rings. The quantitative estimate of drug-likeness (QED) is 0.858. The molecular formula is C15H20ClN3OS. The molecule has 1 unspecified atom stereocenters. The standard InChI is InChI=1S/C15H19N3OS.ClH/c1-2-12(11-6-4-3-5-7-11)18-15(19)13-10-20-14(17-13)8-9-16;/h3-7,10,12H,2,8-9,16H2,1H3,(H,18,19);1H. The predicted octanol–water partition coefficient (Wildman–Crippen LogP) is 2.95. The SMILES string of the molecule is CCC(NC(=O)c1csc(CCN)n1)c1ccccc1.Cl. The summed E-state index contributed by atoms with van der Waals surface area (Å²) in [6, 6.07) is 9.99. The maximum atomic E-state index is 12.2. The van der Waals surface area contributed by atoms with Crippen LogP contribution in [-0.2, 0) is 6.42 Å². The van der Waals surface area contributed by atoms with Gasteiger partial charge < -0.3 is 11.1 Å². The first-order chi connectivity index (χ1) is 9.74. The highest BCUT2D eigenvalue weighted by atomic mass is 35.5. The molecule has 1 amide bonds. The van der Waals surface area contributed by atoms with Crippen molar-refractivity contribution >= 4 is 29.7 Å². The normalized spacial score (nSPS) is 11.5. The third-order valence-corrected chi connectivity index (χ3v) is 3.97. The van der Waals surface area contributed by atoms with E-state index in [1.54, 1.807) is 5.38 Å². The molecule has 6 heteroatoms. The van der Waals surface area contributed by atoms with E-state index in [0.29, 0.717) is 18.7 Å². The molecule has 0 radical (unpaired) electrons. The maximum Gasteiger partial charge on any atom is 0.271 e. The summed E-state index contributed by atoms with van der Waals surface area (Å²) >= 11 is 1.48. The summed E-state index contributed by atoms with van der Waals surface area (Å²) in [4.78, 5) is 16.5. The molecule has 114 valence electrons. The first-order valence-corrected chi connectivity index (χ1v) is 7.62. The Morgan fingerprint density at radius 3 is 2.71 bits per heavy atom. The minimum absolute atomic E-state index is 0. The Kier molecular flexibility index (Phi) is 7.36. The molecule has 1 aromatic carbocycles. The van der Waals surface area contributed by atoms with Crippen molar-refractivity contribution in [2.75, 3.05) is 6.54 Å². The van der Waals surface area contributed by atoms with Crippen LogP contribution < -0.4 is 11.1 Å². The van der Waals surface area contributed by atoms with Gasteiger partial charge in [0.25, 0.3) is 5.91 Å². The van der Waals surface area contributed by atoms with Gasteiger partial charge in [-0.3, -0.25) is 4.79 Å². The third kappa shape index (κ3) is 4.81. The minimum atomic E-state index is -0.125. The van der Waals surface area contributed by atoms with Gasteiger partial charge in [0.1, 0.15) is 5.69 Å². The number of thiazole rings is 1. The molecule has 0 fully saturated rings. The third-order valence-electron chi connectivity index (χ3n) is 3.06. The molecule has 0 aliphatic rings. The number of carbonyl (C=O) groups excluding carboxylic acids is 1. The number of amides is 1. The second-order valence-corrected chi connectivity index (χ2v) is 5.45. The van der Waals surface area contributed by atoms with E-state index in [-0.39, 0.29) is 24.4 Å². The van der Waals surface area contributed by atoms with Crippen LogP contribution >= 0.6 is 23.7 Å². The second kappa shape index (κ2) is 8.77.